The Balaban J connectivity index is 1.94. The third kappa shape index (κ3) is 2.55. The van der Waals surface area contributed by atoms with Gasteiger partial charge in [-0.05, 0) is 19.3 Å². The zero-order valence-corrected chi connectivity index (χ0v) is 8.32. The van der Waals surface area contributed by atoms with E-state index in [2.05, 4.69) is 32.7 Å². The summed E-state index contributed by atoms with van der Waals surface area (Å²) in [6.07, 6.45) is 5.16. The van der Waals surface area contributed by atoms with E-state index in [4.69, 9.17) is 0 Å². The van der Waals surface area contributed by atoms with Crippen LogP contribution in [0.1, 0.15) is 26.2 Å². The fraction of sp³-hybridized carbons (Fsp3) is 0.667. The molecule has 76 valence electrons. The second-order valence-corrected chi connectivity index (χ2v) is 3.51. The van der Waals surface area contributed by atoms with Crippen LogP contribution in [0, 0.1) is 0 Å². The van der Waals surface area contributed by atoms with Crippen molar-refractivity contribution in [2.45, 2.75) is 32.2 Å². The van der Waals surface area contributed by atoms with Crippen molar-refractivity contribution in [2.24, 2.45) is 0 Å². The molecule has 2 rings (SSSR count). The molecular weight excluding hydrogens is 178 g/mol. The number of hydrogen-bond acceptors (Lipinski definition) is 5. The first kappa shape index (κ1) is 9.18. The third-order valence-corrected chi connectivity index (χ3v) is 2.03. The second-order valence-electron chi connectivity index (χ2n) is 3.51. The molecule has 0 aliphatic heterocycles. The standard InChI is InChI=1S/C9H15N5/c1-2-5-10-8-6-11-14-9(13-8)12-7-3-4-7/h6-7H,2-5H2,1H3,(H2,10,12,13,14). The van der Waals surface area contributed by atoms with Crippen LogP contribution >= 0.6 is 0 Å². The van der Waals surface area contributed by atoms with E-state index in [1.807, 2.05) is 0 Å². The van der Waals surface area contributed by atoms with Gasteiger partial charge in [0.15, 0.2) is 0 Å². The van der Waals surface area contributed by atoms with Gasteiger partial charge in [-0.15, -0.1) is 5.10 Å². The van der Waals surface area contributed by atoms with Crippen LogP contribution in [0.2, 0.25) is 0 Å². The maximum absolute atomic E-state index is 4.29. The maximum atomic E-state index is 4.29. The van der Waals surface area contributed by atoms with Crippen LogP contribution in [0.4, 0.5) is 11.8 Å². The van der Waals surface area contributed by atoms with E-state index in [1.165, 1.54) is 12.8 Å². The Morgan fingerprint density at radius 1 is 1.50 bits per heavy atom. The number of nitrogens with one attached hydrogen (secondary N) is 2. The topological polar surface area (TPSA) is 62.7 Å². The Bertz CT molecular complexity index is 297. The number of rotatable bonds is 5. The quantitative estimate of drug-likeness (QED) is 0.737. The molecule has 0 amide bonds. The summed E-state index contributed by atoms with van der Waals surface area (Å²) in [7, 11) is 0. The van der Waals surface area contributed by atoms with Crippen molar-refractivity contribution in [2.75, 3.05) is 17.2 Å². The second kappa shape index (κ2) is 4.21. The molecule has 14 heavy (non-hydrogen) atoms. The summed E-state index contributed by atoms with van der Waals surface area (Å²) >= 11 is 0. The molecule has 5 nitrogen and oxygen atoms in total. The first-order valence-corrected chi connectivity index (χ1v) is 5.08. The van der Waals surface area contributed by atoms with Crippen LogP contribution < -0.4 is 10.6 Å². The van der Waals surface area contributed by atoms with Crippen molar-refractivity contribution < 1.29 is 0 Å². The molecule has 1 aromatic heterocycles. The van der Waals surface area contributed by atoms with Crippen LogP contribution in [0.15, 0.2) is 6.20 Å². The molecule has 0 saturated heterocycles. The van der Waals surface area contributed by atoms with Gasteiger partial charge in [0.2, 0.25) is 5.95 Å². The third-order valence-electron chi connectivity index (χ3n) is 2.03. The van der Waals surface area contributed by atoms with Gasteiger partial charge >= 0.3 is 0 Å². The van der Waals surface area contributed by atoms with Crippen LogP contribution in [0.25, 0.3) is 0 Å². The molecule has 1 aliphatic carbocycles. The average Bonchev–Trinajstić information content (AvgIpc) is 2.99. The predicted molar refractivity (Wildman–Crippen MR) is 55.3 cm³/mol. The smallest absolute Gasteiger partial charge is 0.244 e. The number of nitrogens with zero attached hydrogens (tertiary/aromatic N) is 3. The Kier molecular flexibility index (Phi) is 2.76. The lowest BCUT2D eigenvalue weighted by molar-refractivity contribution is 0.919. The molecule has 0 aromatic carbocycles. The van der Waals surface area contributed by atoms with Gasteiger partial charge in [-0.3, -0.25) is 0 Å². The molecule has 1 saturated carbocycles. The summed E-state index contributed by atoms with van der Waals surface area (Å²) in [5.41, 5.74) is 0. The molecule has 0 spiro atoms. The highest BCUT2D eigenvalue weighted by atomic mass is 15.3. The van der Waals surface area contributed by atoms with E-state index in [0.29, 0.717) is 12.0 Å². The Labute approximate surface area is 83.3 Å². The van der Waals surface area contributed by atoms with Gasteiger partial charge in [-0.2, -0.15) is 10.1 Å². The lowest BCUT2D eigenvalue weighted by atomic mass is 10.5. The van der Waals surface area contributed by atoms with E-state index >= 15 is 0 Å². The molecule has 1 aromatic rings. The molecule has 1 fully saturated rings. The lowest BCUT2D eigenvalue weighted by Gasteiger charge is -2.05. The minimum absolute atomic E-state index is 0.568. The normalized spacial score (nSPS) is 15.2. The average molecular weight is 193 g/mol. The lowest BCUT2D eigenvalue weighted by Crippen LogP contribution is -2.09. The van der Waals surface area contributed by atoms with Gasteiger partial charge in [-0.1, -0.05) is 6.92 Å². The summed E-state index contributed by atoms with van der Waals surface area (Å²) < 4.78 is 0. The summed E-state index contributed by atoms with van der Waals surface area (Å²) in [6.45, 7) is 3.03. The molecule has 0 unspecified atom stereocenters. The largest absolute Gasteiger partial charge is 0.369 e. The predicted octanol–water partition coefficient (Wildman–Crippen LogP) is 1.27. The van der Waals surface area contributed by atoms with Crippen molar-refractivity contribution in [3.63, 3.8) is 0 Å². The van der Waals surface area contributed by atoms with E-state index < -0.39 is 0 Å². The highest BCUT2D eigenvalue weighted by molar-refractivity contribution is 5.37. The van der Waals surface area contributed by atoms with Gasteiger partial charge in [0, 0.05) is 12.6 Å². The number of aromatic nitrogens is 3. The minimum Gasteiger partial charge on any atom is -0.369 e. The SMILES string of the molecule is CCCNc1cnnc(NC2CC2)n1. The van der Waals surface area contributed by atoms with Crippen molar-refractivity contribution in [3.05, 3.63) is 6.20 Å². The van der Waals surface area contributed by atoms with E-state index in [9.17, 15) is 0 Å². The molecule has 1 heterocycles. The molecular formula is C9H15N5. The van der Waals surface area contributed by atoms with Crippen molar-refractivity contribution in [3.8, 4) is 0 Å². The summed E-state index contributed by atoms with van der Waals surface area (Å²) in [5.74, 6) is 1.43. The Morgan fingerprint density at radius 3 is 3.07 bits per heavy atom. The van der Waals surface area contributed by atoms with Gasteiger partial charge in [-0.25, -0.2) is 0 Å². The van der Waals surface area contributed by atoms with Crippen LogP contribution in [0.5, 0.6) is 0 Å². The Hall–Kier alpha value is -1.39. The highest BCUT2D eigenvalue weighted by Crippen LogP contribution is 2.22. The van der Waals surface area contributed by atoms with Crippen LogP contribution in [-0.2, 0) is 0 Å². The van der Waals surface area contributed by atoms with Crippen molar-refractivity contribution in [1.29, 1.82) is 0 Å². The van der Waals surface area contributed by atoms with Gasteiger partial charge < -0.3 is 10.6 Å². The van der Waals surface area contributed by atoms with Gasteiger partial charge in [0.1, 0.15) is 5.82 Å². The fourth-order valence-electron chi connectivity index (χ4n) is 1.11. The van der Waals surface area contributed by atoms with Crippen LogP contribution in [0.3, 0.4) is 0 Å². The van der Waals surface area contributed by atoms with Gasteiger partial charge in [0.05, 0.1) is 6.20 Å². The first-order chi connectivity index (χ1) is 6.88. The summed E-state index contributed by atoms with van der Waals surface area (Å²) in [5, 5.41) is 14.2. The zero-order valence-electron chi connectivity index (χ0n) is 8.32. The van der Waals surface area contributed by atoms with Crippen molar-refractivity contribution >= 4 is 11.8 Å². The Morgan fingerprint density at radius 2 is 2.36 bits per heavy atom. The molecule has 1 aliphatic rings. The molecule has 0 atom stereocenters. The molecule has 0 radical (unpaired) electrons. The molecule has 0 bridgehead atoms. The maximum Gasteiger partial charge on any atom is 0.244 e. The van der Waals surface area contributed by atoms with Crippen molar-refractivity contribution in [1.82, 2.24) is 15.2 Å². The highest BCUT2D eigenvalue weighted by Gasteiger charge is 2.21. The fourth-order valence-corrected chi connectivity index (χ4v) is 1.11. The first-order valence-electron chi connectivity index (χ1n) is 5.08. The van der Waals surface area contributed by atoms with E-state index in [-0.39, 0.29) is 0 Å². The zero-order chi connectivity index (χ0) is 9.80. The number of anilines is 2. The van der Waals surface area contributed by atoms with Crippen LogP contribution in [-0.4, -0.2) is 27.8 Å². The summed E-state index contributed by atoms with van der Waals surface area (Å²) in [6, 6.07) is 0.568. The van der Waals surface area contributed by atoms with Gasteiger partial charge in [0.25, 0.3) is 0 Å². The van der Waals surface area contributed by atoms with E-state index in [0.717, 1.165) is 18.8 Å². The van der Waals surface area contributed by atoms with E-state index in [1.54, 1.807) is 6.20 Å². The summed E-state index contributed by atoms with van der Waals surface area (Å²) in [4.78, 5) is 4.29. The monoisotopic (exact) mass is 193 g/mol. The molecule has 2 N–H and O–H groups in total. The number of hydrogen-bond donors (Lipinski definition) is 2. The molecule has 5 heteroatoms. The minimum atomic E-state index is 0.568.